The Morgan fingerprint density at radius 3 is 2.56 bits per heavy atom. The molecule has 3 atom stereocenters. The van der Waals surface area contributed by atoms with Crippen molar-refractivity contribution in [2.75, 3.05) is 6.61 Å². The maximum atomic E-state index is 11.9. The number of hydrogen-bond donors (Lipinski definition) is 2. The summed E-state index contributed by atoms with van der Waals surface area (Å²) < 4.78 is 5.46. The van der Waals surface area contributed by atoms with E-state index in [0.717, 1.165) is 38.7 Å². The van der Waals surface area contributed by atoms with Crippen LogP contribution in [0.1, 0.15) is 44.9 Å². The molecule has 2 fully saturated rings. The van der Waals surface area contributed by atoms with Crippen molar-refractivity contribution < 1.29 is 9.53 Å². The number of nitrogens with one attached hydrogen (secondary N) is 1. The third-order valence-electron chi connectivity index (χ3n) is 3.62. The van der Waals surface area contributed by atoms with Crippen LogP contribution in [0, 0.1) is 0 Å². The topological polar surface area (TPSA) is 64.3 Å². The minimum Gasteiger partial charge on any atom is -0.368 e. The molecule has 0 aromatic carbocycles. The largest absolute Gasteiger partial charge is 0.368 e. The lowest BCUT2D eigenvalue weighted by molar-refractivity contribution is -0.136. The van der Waals surface area contributed by atoms with Crippen LogP contribution in [-0.2, 0) is 9.53 Å². The van der Waals surface area contributed by atoms with E-state index >= 15 is 0 Å². The average molecular weight is 226 g/mol. The zero-order chi connectivity index (χ0) is 11.4. The standard InChI is InChI=1S/C12H22N2O2/c13-9-5-1-2-6-10(9)14-12(15)11-7-3-4-8-16-11/h9-11H,1-8,13H2,(H,14,15). The maximum absolute atomic E-state index is 11.9. The van der Waals surface area contributed by atoms with Gasteiger partial charge in [-0.3, -0.25) is 4.79 Å². The normalized spacial score (nSPS) is 35.7. The molecule has 2 rings (SSSR count). The number of ether oxygens (including phenoxy) is 1. The lowest BCUT2D eigenvalue weighted by atomic mass is 9.91. The summed E-state index contributed by atoms with van der Waals surface area (Å²) in [4.78, 5) is 11.9. The molecule has 0 bridgehead atoms. The summed E-state index contributed by atoms with van der Waals surface area (Å²) in [6.45, 7) is 0.717. The second-order valence-corrected chi connectivity index (χ2v) is 4.92. The van der Waals surface area contributed by atoms with Gasteiger partial charge in [0.1, 0.15) is 6.10 Å². The molecule has 0 spiro atoms. The number of rotatable bonds is 2. The van der Waals surface area contributed by atoms with Crippen molar-refractivity contribution in [2.45, 2.75) is 63.1 Å². The molecule has 4 nitrogen and oxygen atoms in total. The number of carbonyl (C=O) groups is 1. The zero-order valence-electron chi connectivity index (χ0n) is 9.78. The highest BCUT2D eigenvalue weighted by atomic mass is 16.5. The fourth-order valence-corrected chi connectivity index (χ4v) is 2.56. The monoisotopic (exact) mass is 226 g/mol. The van der Waals surface area contributed by atoms with Gasteiger partial charge in [-0.1, -0.05) is 12.8 Å². The van der Waals surface area contributed by atoms with Crippen molar-refractivity contribution in [3.05, 3.63) is 0 Å². The first-order chi connectivity index (χ1) is 7.77. The van der Waals surface area contributed by atoms with Crippen molar-refractivity contribution >= 4 is 5.91 Å². The van der Waals surface area contributed by atoms with Crippen LogP contribution in [-0.4, -0.2) is 30.7 Å². The molecule has 1 aliphatic heterocycles. The summed E-state index contributed by atoms with van der Waals surface area (Å²) in [6.07, 6.45) is 7.19. The number of hydrogen-bond acceptors (Lipinski definition) is 3. The Bertz CT molecular complexity index is 239. The first-order valence-corrected chi connectivity index (χ1v) is 6.45. The molecule has 0 aromatic rings. The van der Waals surface area contributed by atoms with Gasteiger partial charge in [0.25, 0.3) is 0 Å². The minimum absolute atomic E-state index is 0.0436. The average Bonchev–Trinajstić information content (AvgIpc) is 2.33. The van der Waals surface area contributed by atoms with E-state index in [2.05, 4.69) is 5.32 Å². The van der Waals surface area contributed by atoms with Gasteiger partial charge in [0.2, 0.25) is 5.91 Å². The van der Waals surface area contributed by atoms with Gasteiger partial charge in [0.15, 0.2) is 0 Å². The maximum Gasteiger partial charge on any atom is 0.249 e. The van der Waals surface area contributed by atoms with Crippen molar-refractivity contribution in [3.63, 3.8) is 0 Å². The van der Waals surface area contributed by atoms with E-state index in [1.807, 2.05) is 0 Å². The lowest BCUT2D eigenvalue weighted by Gasteiger charge is -2.31. The molecule has 16 heavy (non-hydrogen) atoms. The second-order valence-electron chi connectivity index (χ2n) is 4.92. The summed E-state index contributed by atoms with van der Waals surface area (Å²) in [6, 6.07) is 0.285. The van der Waals surface area contributed by atoms with Gasteiger partial charge in [0.05, 0.1) is 0 Å². The highest BCUT2D eigenvalue weighted by Gasteiger charge is 2.28. The lowest BCUT2D eigenvalue weighted by Crippen LogP contribution is -2.52. The van der Waals surface area contributed by atoms with E-state index in [4.69, 9.17) is 10.5 Å². The highest BCUT2D eigenvalue weighted by Crippen LogP contribution is 2.18. The van der Waals surface area contributed by atoms with Crippen LogP contribution < -0.4 is 11.1 Å². The molecule has 1 saturated carbocycles. The molecule has 0 radical (unpaired) electrons. The minimum atomic E-state index is -0.233. The van der Waals surface area contributed by atoms with Crippen LogP contribution in [0.2, 0.25) is 0 Å². The summed E-state index contributed by atoms with van der Waals surface area (Å²) >= 11 is 0. The van der Waals surface area contributed by atoms with Crippen LogP contribution in [0.25, 0.3) is 0 Å². The SMILES string of the molecule is NC1CCCCC1NC(=O)C1CCCCO1. The van der Waals surface area contributed by atoms with Gasteiger partial charge in [0, 0.05) is 18.7 Å². The van der Waals surface area contributed by atoms with Gasteiger partial charge in [-0.2, -0.15) is 0 Å². The molecule has 1 amide bonds. The van der Waals surface area contributed by atoms with Crippen LogP contribution in [0.3, 0.4) is 0 Å². The van der Waals surface area contributed by atoms with Crippen LogP contribution in [0.5, 0.6) is 0 Å². The van der Waals surface area contributed by atoms with E-state index in [9.17, 15) is 4.79 Å². The smallest absolute Gasteiger partial charge is 0.249 e. The van der Waals surface area contributed by atoms with E-state index in [1.54, 1.807) is 0 Å². The molecule has 4 heteroatoms. The Kier molecular flexibility index (Phi) is 4.18. The highest BCUT2D eigenvalue weighted by molar-refractivity contribution is 5.81. The van der Waals surface area contributed by atoms with Crippen molar-refractivity contribution in [2.24, 2.45) is 5.73 Å². The van der Waals surface area contributed by atoms with E-state index < -0.39 is 0 Å². The van der Waals surface area contributed by atoms with Crippen molar-refractivity contribution in [3.8, 4) is 0 Å². The quantitative estimate of drug-likeness (QED) is 0.736. The molecule has 3 unspecified atom stereocenters. The predicted molar refractivity (Wildman–Crippen MR) is 62.0 cm³/mol. The molecule has 1 aliphatic carbocycles. The van der Waals surface area contributed by atoms with Crippen molar-refractivity contribution in [1.82, 2.24) is 5.32 Å². The predicted octanol–water partition coefficient (Wildman–Crippen LogP) is 0.942. The van der Waals surface area contributed by atoms with Gasteiger partial charge in [-0.25, -0.2) is 0 Å². The number of nitrogens with two attached hydrogens (primary N) is 1. The molecule has 2 aliphatic rings. The Balaban J connectivity index is 1.80. The molecular formula is C12H22N2O2. The molecule has 92 valence electrons. The van der Waals surface area contributed by atoms with E-state index in [1.165, 1.54) is 12.8 Å². The number of carbonyl (C=O) groups excluding carboxylic acids is 1. The fourth-order valence-electron chi connectivity index (χ4n) is 2.56. The van der Waals surface area contributed by atoms with Crippen LogP contribution in [0.15, 0.2) is 0 Å². The van der Waals surface area contributed by atoms with Gasteiger partial charge >= 0.3 is 0 Å². The molecule has 1 heterocycles. The Morgan fingerprint density at radius 2 is 1.88 bits per heavy atom. The number of amides is 1. The Morgan fingerprint density at radius 1 is 1.12 bits per heavy atom. The summed E-state index contributed by atoms with van der Waals surface area (Å²) in [7, 11) is 0. The van der Waals surface area contributed by atoms with Gasteiger partial charge in [-0.15, -0.1) is 0 Å². The Hall–Kier alpha value is -0.610. The zero-order valence-corrected chi connectivity index (χ0v) is 9.78. The second kappa shape index (κ2) is 5.64. The van der Waals surface area contributed by atoms with Crippen LogP contribution >= 0.6 is 0 Å². The van der Waals surface area contributed by atoms with E-state index in [0.29, 0.717) is 0 Å². The molecule has 0 aromatic heterocycles. The van der Waals surface area contributed by atoms with Gasteiger partial charge in [-0.05, 0) is 32.1 Å². The Labute approximate surface area is 96.9 Å². The van der Waals surface area contributed by atoms with E-state index in [-0.39, 0.29) is 24.1 Å². The first-order valence-electron chi connectivity index (χ1n) is 6.45. The van der Waals surface area contributed by atoms with Gasteiger partial charge < -0.3 is 15.8 Å². The summed E-state index contributed by atoms with van der Waals surface area (Å²) in [5, 5.41) is 3.05. The van der Waals surface area contributed by atoms with Crippen molar-refractivity contribution in [1.29, 1.82) is 0 Å². The first kappa shape index (κ1) is 11.9. The molecule has 1 saturated heterocycles. The summed E-state index contributed by atoms with van der Waals surface area (Å²) in [5.41, 5.74) is 6.00. The third-order valence-corrected chi connectivity index (χ3v) is 3.62. The summed E-state index contributed by atoms with van der Waals surface area (Å²) in [5.74, 6) is 0.0436. The third kappa shape index (κ3) is 2.95. The fraction of sp³-hybridized carbons (Fsp3) is 0.917. The molecular weight excluding hydrogens is 204 g/mol. The molecule has 3 N–H and O–H groups in total. The van der Waals surface area contributed by atoms with Crippen LogP contribution in [0.4, 0.5) is 0 Å².